The van der Waals surface area contributed by atoms with Crippen LogP contribution in [0.3, 0.4) is 0 Å². The number of phenols is 1. The maximum Gasteiger partial charge on any atom is 0.339 e. The minimum Gasteiger partial charge on any atom is -0.507 e. The van der Waals surface area contributed by atoms with Gasteiger partial charge in [0.05, 0.1) is 13.1 Å². The van der Waals surface area contributed by atoms with Crippen LogP contribution in [0.15, 0.2) is 127 Å². The van der Waals surface area contributed by atoms with Crippen LogP contribution in [0.4, 0.5) is 5.69 Å². The molecule has 0 saturated heterocycles. The molecule has 0 unspecified atom stereocenters. The highest BCUT2D eigenvalue weighted by molar-refractivity contribution is 7.97. The third kappa shape index (κ3) is 7.85. The Kier molecular flexibility index (Phi) is 9.91. The third-order valence-corrected chi connectivity index (χ3v) is 8.49. The Morgan fingerprint density at radius 2 is 1.30 bits per heavy atom. The van der Waals surface area contributed by atoms with Gasteiger partial charge in [0, 0.05) is 22.3 Å². The van der Waals surface area contributed by atoms with Crippen LogP contribution in [-0.2, 0) is 11.3 Å². The zero-order chi connectivity index (χ0) is 32.8. The summed E-state index contributed by atoms with van der Waals surface area (Å²) in [6.07, 6.45) is 0. The minimum atomic E-state index is -1.24. The number of nitrogens with zero attached hydrogens (tertiary/aromatic N) is 2. The first-order valence-electron chi connectivity index (χ1n) is 14.6. The second kappa shape index (κ2) is 14.2. The van der Waals surface area contributed by atoms with Gasteiger partial charge in [0.2, 0.25) is 5.91 Å². The van der Waals surface area contributed by atoms with Crippen LogP contribution in [0.5, 0.6) is 5.75 Å². The number of carboxylic acid groups (broad SMARTS) is 1. The van der Waals surface area contributed by atoms with Gasteiger partial charge in [-0.3, -0.25) is 4.79 Å². The lowest BCUT2D eigenvalue weighted by atomic mass is 9.98. The molecule has 5 aromatic rings. The number of carbonyl (C=O) groups is 2. The monoisotopic (exact) mass is 629 g/mol. The van der Waals surface area contributed by atoms with Crippen LogP contribution < -0.4 is 10.6 Å². The third-order valence-electron chi connectivity index (χ3n) is 7.57. The van der Waals surface area contributed by atoms with E-state index in [0.29, 0.717) is 11.4 Å². The number of benzene rings is 5. The van der Waals surface area contributed by atoms with Crippen LogP contribution >= 0.6 is 11.9 Å². The lowest BCUT2D eigenvalue weighted by Gasteiger charge is -2.26. The fourth-order valence-electron chi connectivity index (χ4n) is 5.00. The topological polar surface area (TPSA) is 107 Å². The Bertz CT molecular complexity index is 1850. The Morgan fingerprint density at radius 1 is 0.783 bits per heavy atom. The molecule has 46 heavy (non-hydrogen) atoms. The summed E-state index contributed by atoms with van der Waals surface area (Å²) in [7, 11) is 1.85. The highest BCUT2D eigenvalue weighted by atomic mass is 32.2. The van der Waals surface area contributed by atoms with E-state index in [1.54, 1.807) is 11.0 Å². The number of carboxylic acids is 1. The van der Waals surface area contributed by atoms with Crippen molar-refractivity contribution in [1.29, 1.82) is 0 Å². The molecular formula is C38H35N3O4S. The molecule has 0 aliphatic rings. The number of anilines is 1. The summed E-state index contributed by atoms with van der Waals surface area (Å²) < 4.78 is 1.85. The molecule has 0 atom stereocenters. The molecule has 4 N–H and O–H groups in total. The SMILES string of the molecule is C=C(N)c1ccc(-c2ccc(-c3ccc(CN(C(=O)CN(C)Sc4ccc(C)cc4)c4ccc(C(=O)O)c(O)c4)cc3)cc2)cc1. The molecule has 0 bridgehead atoms. The van der Waals surface area contributed by atoms with Gasteiger partial charge in [-0.2, -0.15) is 0 Å². The summed E-state index contributed by atoms with van der Waals surface area (Å²) in [5.74, 6) is -1.84. The van der Waals surface area contributed by atoms with Gasteiger partial charge in [-0.05, 0) is 83.6 Å². The number of hydrogen-bond donors (Lipinski definition) is 3. The van der Waals surface area contributed by atoms with Crippen molar-refractivity contribution >= 4 is 35.2 Å². The van der Waals surface area contributed by atoms with Gasteiger partial charge in [-0.15, -0.1) is 0 Å². The van der Waals surface area contributed by atoms with Crippen LogP contribution in [0.25, 0.3) is 28.0 Å². The molecule has 8 heteroatoms. The van der Waals surface area contributed by atoms with Gasteiger partial charge >= 0.3 is 5.97 Å². The lowest BCUT2D eigenvalue weighted by Crippen LogP contribution is -2.36. The fourth-order valence-corrected chi connectivity index (χ4v) is 5.79. The average molecular weight is 630 g/mol. The smallest absolute Gasteiger partial charge is 0.339 e. The van der Waals surface area contributed by atoms with Crippen molar-refractivity contribution in [2.24, 2.45) is 5.73 Å². The molecule has 5 rings (SSSR count). The molecule has 0 heterocycles. The number of hydrogen-bond acceptors (Lipinski definition) is 6. The van der Waals surface area contributed by atoms with E-state index in [2.05, 4.69) is 30.8 Å². The Labute approximate surface area is 273 Å². The standard InChI is InChI=1S/C38H35N3O4S/c1-25-4-19-34(20-5-25)46-40(3)24-37(43)41(33-18-21-35(38(44)45)36(42)22-33)23-27-6-8-29(9-7-27)31-14-16-32(17-15-31)30-12-10-28(11-13-30)26(2)39/h4-22,42H,2,23-24,39H2,1,3H3,(H,44,45). The van der Waals surface area contributed by atoms with Gasteiger partial charge in [0.25, 0.3) is 0 Å². The van der Waals surface area contributed by atoms with E-state index in [4.69, 9.17) is 5.73 Å². The molecule has 1 amide bonds. The second-order valence-corrected chi connectivity index (χ2v) is 12.3. The van der Waals surface area contributed by atoms with Crippen LogP contribution in [-0.4, -0.2) is 40.0 Å². The number of aryl methyl sites for hydroxylation is 1. The Hall–Kier alpha value is -5.31. The molecule has 0 aliphatic heterocycles. The van der Waals surface area contributed by atoms with E-state index in [1.165, 1.54) is 24.1 Å². The average Bonchev–Trinajstić information content (AvgIpc) is 3.05. The first-order valence-corrected chi connectivity index (χ1v) is 15.4. The van der Waals surface area contributed by atoms with Gasteiger partial charge < -0.3 is 20.8 Å². The first kappa shape index (κ1) is 32.1. The summed E-state index contributed by atoms with van der Waals surface area (Å²) >= 11 is 1.46. The van der Waals surface area contributed by atoms with E-state index < -0.39 is 11.7 Å². The Morgan fingerprint density at radius 3 is 1.80 bits per heavy atom. The number of amides is 1. The summed E-state index contributed by atoms with van der Waals surface area (Å²) in [4.78, 5) is 27.7. The fraction of sp³-hybridized carbons (Fsp3) is 0.105. The van der Waals surface area contributed by atoms with E-state index >= 15 is 0 Å². The molecule has 0 spiro atoms. The highest BCUT2D eigenvalue weighted by Gasteiger charge is 2.21. The minimum absolute atomic E-state index is 0.0914. The van der Waals surface area contributed by atoms with Crippen molar-refractivity contribution in [1.82, 2.24) is 4.31 Å². The van der Waals surface area contributed by atoms with Crippen molar-refractivity contribution in [3.63, 3.8) is 0 Å². The molecule has 7 nitrogen and oxygen atoms in total. The van der Waals surface area contributed by atoms with Crippen molar-refractivity contribution < 1.29 is 19.8 Å². The zero-order valence-electron chi connectivity index (χ0n) is 25.7. The van der Waals surface area contributed by atoms with Gasteiger partial charge in [0.1, 0.15) is 11.3 Å². The molecular weight excluding hydrogens is 595 g/mol. The molecule has 0 aliphatic carbocycles. The zero-order valence-corrected chi connectivity index (χ0v) is 26.5. The van der Waals surface area contributed by atoms with Crippen LogP contribution in [0.2, 0.25) is 0 Å². The maximum absolute atomic E-state index is 13.7. The van der Waals surface area contributed by atoms with Gasteiger partial charge in [0.15, 0.2) is 0 Å². The largest absolute Gasteiger partial charge is 0.507 e. The summed E-state index contributed by atoms with van der Waals surface area (Å²) in [5, 5.41) is 19.8. The maximum atomic E-state index is 13.7. The molecule has 0 fully saturated rings. The molecule has 0 radical (unpaired) electrons. The normalized spacial score (nSPS) is 10.9. The number of nitrogens with two attached hydrogens (primary N) is 1. The van der Waals surface area contributed by atoms with E-state index in [9.17, 15) is 19.8 Å². The number of aromatic hydroxyl groups is 1. The first-order chi connectivity index (χ1) is 22.1. The van der Waals surface area contributed by atoms with E-state index in [1.807, 2.05) is 91.1 Å². The predicted molar refractivity (Wildman–Crippen MR) is 186 cm³/mol. The second-order valence-electron chi connectivity index (χ2n) is 11.1. The summed E-state index contributed by atoms with van der Waals surface area (Å²) in [6, 6.07) is 36.5. The van der Waals surface area contributed by atoms with E-state index in [-0.39, 0.29) is 24.6 Å². The summed E-state index contributed by atoms with van der Waals surface area (Å²) in [6.45, 7) is 6.13. The van der Waals surface area contributed by atoms with Crippen molar-refractivity contribution in [3.8, 4) is 28.0 Å². The lowest BCUT2D eigenvalue weighted by molar-refractivity contribution is -0.118. The quantitative estimate of drug-likeness (QED) is 0.128. The van der Waals surface area contributed by atoms with Gasteiger partial charge in [-0.1, -0.05) is 97.1 Å². The predicted octanol–water partition coefficient (Wildman–Crippen LogP) is 7.83. The molecule has 0 saturated carbocycles. The number of carbonyl (C=O) groups excluding carboxylic acids is 1. The van der Waals surface area contributed by atoms with Crippen molar-refractivity contribution in [3.05, 3.63) is 144 Å². The van der Waals surface area contributed by atoms with Crippen LogP contribution in [0.1, 0.15) is 27.0 Å². The van der Waals surface area contributed by atoms with Crippen LogP contribution in [0, 0.1) is 6.92 Å². The molecule has 0 aromatic heterocycles. The van der Waals surface area contributed by atoms with E-state index in [0.717, 1.165) is 43.8 Å². The Balaban J connectivity index is 1.33. The number of rotatable bonds is 11. The van der Waals surface area contributed by atoms with Gasteiger partial charge in [-0.25, -0.2) is 9.10 Å². The summed E-state index contributed by atoms with van der Waals surface area (Å²) in [5.41, 5.74) is 13.7. The molecule has 5 aromatic carbocycles. The molecule has 232 valence electrons. The number of aromatic carboxylic acids is 1. The highest BCUT2D eigenvalue weighted by Crippen LogP contribution is 2.29. The van der Waals surface area contributed by atoms with Crippen molar-refractivity contribution in [2.75, 3.05) is 18.5 Å². The number of likely N-dealkylation sites (N-methyl/N-ethyl adjacent to an activating group) is 1. The van der Waals surface area contributed by atoms with Crippen molar-refractivity contribution in [2.45, 2.75) is 18.4 Å².